The van der Waals surface area contributed by atoms with E-state index in [1.54, 1.807) is 6.33 Å². The zero-order chi connectivity index (χ0) is 28.3. The third-order valence-electron chi connectivity index (χ3n) is 8.10. The van der Waals surface area contributed by atoms with Crippen molar-refractivity contribution < 1.29 is 9.47 Å². The molecule has 2 saturated heterocycles. The predicted octanol–water partition coefficient (Wildman–Crippen LogP) is 3.20. The number of hydrogen-bond donors (Lipinski definition) is 1. The number of fused-ring (bicyclic) bond motifs is 1. The second-order valence-electron chi connectivity index (χ2n) is 10.9. The Labute approximate surface area is 244 Å². The lowest BCUT2D eigenvalue weighted by Crippen LogP contribution is -2.56. The highest BCUT2D eigenvalue weighted by Gasteiger charge is 2.28. The van der Waals surface area contributed by atoms with Gasteiger partial charge in [-0.1, -0.05) is 24.3 Å². The highest BCUT2D eigenvalue weighted by molar-refractivity contribution is 5.64. The molecule has 1 aromatic carbocycles. The SMILES string of the molecule is Cn1cc(-c2ccc(CNc3cc(-c4cnc5cc(OCCN6CCN(C7COC7)CC6)ccn45)ncn3)cc2)cn1. The van der Waals surface area contributed by atoms with Gasteiger partial charge in [-0.05, 0) is 17.2 Å². The molecule has 0 aliphatic carbocycles. The number of piperazine rings is 1. The number of nitrogens with zero attached hydrogens (tertiary/aromatic N) is 8. The predicted molar refractivity (Wildman–Crippen MR) is 160 cm³/mol. The van der Waals surface area contributed by atoms with Crippen LogP contribution in [0.1, 0.15) is 5.56 Å². The number of pyridine rings is 1. The minimum atomic E-state index is 0.626. The lowest BCUT2D eigenvalue weighted by atomic mass is 10.1. The molecule has 0 radical (unpaired) electrons. The summed E-state index contributed by atoms with van der Waals surface area (Å²) < 4.78 is 15.3. The summed E-state index contributed by atoms with van der Waals surface area (Å²) >= 11 is 0. The number of benzene rings is 1. The molecule has 11 heteroatoms. The van der Waals surface area contributed by atoms with Crippen LogP contribution in [-0.2, 0) is 18.3 Å². The van der Waals surface area contributed by atoms with Crippen molar-refractivity contribution in [1.29, 1.82) is 0 Å². The summed E-state index contributed by atoms with van der Waals surface area (Å²) in [5.41, 5.74) is 5.93. The van der Waals surface area contributed by atoms with E-state index in [9.17, 15) is 0 Å². The van der Waals surface area contributed by atoms with Crippen molar-refractivity contribution in [3.63, 3.8) is 0 Å². The third kappa shape index (κ3) is 5.85. The molecule has 11 nitrogen and oxygen atoms in total. The van der Waals surface area contributed by atoms with Crippen LogP contribution < -0.4 is 10.1 Å². The summed E-state index contributed by atoms with van der Waals surface area (Å²) in [6.07, 6.45) is 9.31. The Bertz CT molecular complexity index is 1640. The van der Waals surface area contributed by atoms with Gasteiger partial charge in [0.05, 0.1) is 43.0 Å². The van der Waals surface area contributed by atoms with Crippen molar-refractivity contribution in [2.75, 3.05) is 57.9 Å². The molecule has 6 heterocycles. The molecule has 0 unspecified atom stereocenters. The normalized spacial score (nSPS) is 16.5. The molecule has 7 rings (SSSR count). The van der Waals surface area contributed by atoms with Crippen molar-refractivity contribution in [2.24, 2.45) is 7.05 Å². The van der Waals surface area contributed by atoms with Crippen LogP contribution in [0.3, 0.4) is 0 Å². The molecule has 0 atom stereocenters. The minimum absolute atomic E-state index is 0.626. The van der Waals surface area contributed by atoms with Gasteiger partial charge in [-0.2, -0.15) is 5.10 Å². The highest BCUT2D eigenvalue weighted by Crippen LogP contribution is 2.24. The van der Waals surface area contributed by atoms with Crippen molar-refractivity contribution in [3.8, 4) is 28.3 Å². The van der Waals surface area contributed by atoms with E-state index >= 15 is 0 Å². The Morgan fingerprint density at radius 1 is 0.952 bits per heavy atom. The molecule has 1 N–H and O–H groups in total. The first-order valence-corrected chi connectivity index (χ1v) is 14.5. The van der Waals surface area contributed by atoms with Gasteiger partial charge in [-0.15, -0.1) is 0 Å². The van der Waals surface area contributed by atoms with Gasteiger partial charge in [-0.3, -0.25) is 18.9 Å². The van der Waals surface area contributed by atoms with Crippen LogP contribution in [0.5, 0.6) is 5.75 Å². The van der Waals surface area contributed by atoms with Crippen LogP contribution in [-0.4, -0.2) is 97.5 Å². The second-order valence-corrected chi connectivity index (χ2v) is 10.9. The van der Waals surface area contributed by atoms with Gasteiger partial charge in [0, 0.05) is 76.4 Å². The summed E-state index contributed by atoms with van der Waals surface area (Å²) in [7, 11) is 1.92. The number of nitrogens with one attached hydrogen (secondary N) is 1. The highest BCUT2D eigenvalue weighted by atomic mass is 16.5. The van der Waals surface area contributed by atoms with Gasteiger partial charge in [0.1, 0.15) is 30.1 Å². The Balaban J connectivity index is 0.938. The van der Waals surface area contributed by atoms with Gasteiger partial charge in [0.15, 0.2) is 0 Å². The molecule has 0 saturated carbocycles. The average molecular weight is 566 g/mol. The molecule has 0 amide bonds. The largest absolute Gasteiger partial charge is 0.492 e. The summed E-state index contributed by atoms with van der Waals surface area (Å²) in [6.45, 7) is 8.39. The lowest BCUT2D eigenvalue weighted by molar-refractivity contribution is -0.0772. The Morgan fingerprint density at radius 3 is 2.57 bits per heavy atom. The number of imidazole rings is 1. The average Bonchev–Trinajstić information content (AvgIpc) is 3.63. The first-order valence-electron chi connectivity index (χ1n) is 14.5. The van der Waals surface area contributed by atoms with Crippen molar-refractivity contribution in [2.45, 2.75) is 12.6 Å². The lowest BCUT2D eigenvalue weighted by Gasteiger charge is -2.42. The topological polar surface area (TPSA) is 97.9 Å². The van der Waals surface area contributed by atoms with E-state index < -0.39 is 0 Å². The molecule has 0 bridgehead atoms. The van der Waals surface area contributed by atoms with Gasteiger partial charge < -0.3 is 14.8 Å². The maximum atomic E-state index is 6.10. The molecule has 0 spiro atoms. The molecule has 4 aromatic heterocycles. The molecule has 42 heavy (non-hydrogen) atoms. The monoisotopic (exact) mass is 565 g/mol. The van der Waals surface area contributed by atoms with E-state index in [0.717, 1.165) is 91.2 Å². The first kappa shape index (κ1) is 26.6. The molecule has 5 aromatic rings. The van der Waals surface area contributed by atoms with E-state index in [0.29, 0.717) is 19.2 Å². The maximum Gasteiger partial charge on any atom is 0.140 e. The first-order chi connectivity index (χ1) is 20.7. The minimum Gasteiger partial charge on any atom is -0.492 e. The van der Waals surface area contributed by atoms with Crippen LogP contribution in [0, 0.1) is 0 Å². The molecule has 2 aliphatic rings. The van der Waals surface area contributed by atoms with Crippen LogP contribution >= 0.6 is 0 Å². The van der Waals surface area contributed by atoms with Crippen molar-refractivity contribution >= 4 is 11.5 Å². The molecular formula is C31H35N9O2. The molecule has 216 valence electrons. The summed E-state index contributed by atoms with van der Waals surface area (Å²) in [6, 6.07) is 15.0. The summed E-state index contributed by atoms with van der Waals surface area (Å²) in [5, 5.41) is 7.67. The molecular weight excluding hydrogens is 530 g/mol. The van der Waals surface area contributed by atoms with Gasteiger partial charge in [0.25, 0.3) is 0 Å². The number of anilines is 1. The van der Waals surface area contributed by atoms with Crippen molar-refractivity contribution in [1.82, 2.24) is 38.9 Å². The zero-order valence-electron chi connectivity index (χ0n) is 23.8. The number of hydrogen-bond acceptors (Lipinski definition) is 9. The van der Waals surface area contributed by atoms with Gasteiger partial charge in [0.2, 0.25) is 0 Å². The van der Waals surface area contributed by atoms with Crippen LogP contribution in [0.15, 0.2) is 73.6 Å². The summed E-state index contributed by atoms with van der Waals surface area (Å²) in [4.78, 5) is 18.6. The van der Waals surface area contributed by atoms with E-state index in [2.05, 4.69) is 59.4 Å². The second kappa shape index (κ2) is 11.9. The zero-order valence-corrected chi connectivity index (χ0v) is 23.8. The van der Waals surface area contributed by atoms with E-state index in [1.165, 1.54) is 0 Å². The van der Waals surface area contributed by atoms with E-state index in [-0.39, 0.29) is 0 Å². The smallest absolute Gasteiger partial charge is 0.140 e. The van der Waals surface area contributed by atoms with E-state index in [4.69, 9.17) is 9.47 Å². The molecule has 2 aliphatic heterocycles. The fourth-order valence-corrected chi connectivity index (χ4v) is 5.49. The Hall–Kier alpha value is -4.32. The fourth-order valence-electron chi connectivity index (χ4n) is 5.49. The Morgan fingerprint density at radius 2 is 1.81 bits per heavy atom. The van der Waals surface area contributed by atoms with Crippen LogP contribution in [0.2, 0.25) is 0 Å². The van der Waals surface area contributed by atoms with Crippen molar-refractivity contribution in [3.05, 3.63) is 79.1 Å². The number of aromatic nitrogens is 6. The Kier molecular flexibility index (Phi) is 7.52. The number of ether oxygens (including phenoxy) is 2. The standard InChI is InChI=1S/C31H35N9O2/c1-37-19-25(17-36-37)24-4-2-23(3-5-24)16-32-30-15-28(34-22-35-30)29-18-33-31-14-27(6-7-40(29)31)42-13-12-38-8-10-39(11-9-38)26-20-41-21-26/h2-7,14-15,17-19,22,26H,8-13,16,20-21H2,1H3,(H,32,34,35). The summed E-state index contributed by atoms with van der Waals surface area (Å²) in [5.74, 6) is 1.58. The van der Waals surface area contributed by atoms with Gasteiger partial charge >= 0.3 is 0 Å². The van der Waals surface area contributed by atoms with Gasteiger partial charge in [-0.25, -0.2) is 15.0 Å². The quantitative estimate of drug-likeness (QED) is 0.274. The number of aryl methyl sites for hydroxylation is 1. The van der Waals surface area contributed by atoms with Crippen LogP contribution in [0.4, 0.5) is 5.82 Å². The van der Waals surface area contributed by atoms with E-state index in [1.807, 2.05) is 59.1 Å². The third-order valence-corrected chi connectivity index (χ3v) is 8.10. The van der Waals surface area contributed by atoms with Crippen LogP contribution in [0.25, 0.3) is 28.2 Å². The maximum absolute atomic E-state index is 6.10. The fraction of sp³-hybridized carbons (Fsp3) is 0.355. The number of rotatable bonds is 10. The molecule has 2 fully saturated rings.